The molecular formula is C28H34N4O10. The van der Waals surface area contributed by atoms with Gasteiger partial charge < -0.3 is 42.1 Å². The summed E-state index contributed by atoms with van der Waals surface area (Å²) in [6.07, 6.45) is -1.65. The van der Waals surface area contributed by atoms with Gasteiger partial charge in [-0.05, 0) is 36.1 Å². The number of benzene rings is 2. The van der Waals surface area contributed by atoms with E-state index in [1.807, 2.05) is 0 Å². The van der Waals surface area contributed by atoms with E-state index in [1.165, 1.54) is 24.3 Å². The second kappa shape index (κ2) is 16.3. The smallest absolute Gasteiger partial charge is 0.326 e. The maximum Gasteiger partial charge on any atom is 0.326 e. The fourth-order valence-corrected chi connectivity index (χ4v) is 3.89. The van der Waals surface area contributed by atoms with Crippen molar-refractivity contribution in [1.29, 1.82) is 0 Å². The molecule has 2 aromatic carbocycles. The summed E-state index contributed by atoms with van der Waals surface area (Å²) in [6, 6.07) is 8.88. The lowest BCUT2D eigenvalue weighted by atomic mass is 10.0. The first-order valence-corrected chi connectivity index (χ1v) is 13.0. The van der Waals surface area contributed by atoms with Crippen LogP contribution in [0.2, 0.25) is 0 Å². The first kappa shape index (κ1) is 33.2. The van der Waals surface area contributed by atoms with E-state index < -0.39 is 72.6 Å². The number of carbonyl (C=O) groups excluding carboxylic acids is 3. The quantitative estimate of drug-likeness (QED) is 0.120. The number of carbonyl (C=O) groups is 6. The topological polar surface area (TPSA) is 245 Å². The van der Waals surface area contributed by atoms with Crippen LogP contribution in [0.25, 0.3) is 0 Å². The van der Waals surface area contributed by atoms with Gasteiger partial charge in [-0.3, -0.25) is 24.0 Å². The lowest BCUT2D eigenvalue weighted by Crippen LogP contribution is -2.58. The summed E-state index contributed by atoms with van der Waals surface area (Å²) in [6.45, 7) is 0. The number of phenolic OH excluding ortho intramolecular Hbond substituents is 1. The molecule has 4 atom stereocenters. The normalized spacial score (nSPS) is 13.5. The van der Waals surface area contributed by atoms with Crippen molar-refractivity contribution in [3.8, 4) is 5.75 Å². The van der Waals surface area contributed by atoms with Crippen LogP contribution in [0.15, 0.2) is 54.6 Å². The van der Waals surface area contributed by atoms with Gasteiger partial charge in [-0.2, -0.15) is 0 Å². The lowest BCUT2D eigenvalue weighted by molar-refractivity contribution is -0.143. The molecule has 0 aliphatic carbocycles. The van der Waals surface area contributed by atoms with Gasteiger partial charge >= 0.3 is 17.9 Å². The van der Waals surface area contributed by atoms with E-state index in [-0.39, 0.29) is 31.4 Å². The maximum atomic E-state index is 13.5. The van der Waals surface area contributed by atoms with E-state index in [9.17, 15) is 39.0 Å². The molecule has 0 aromatic heterocycles. The van der Waals surface area contributed by atoms with Gasteiger partial charge in [0.2, 0.25) is 17.7 Å². The summed E-state index contributed by atoms with van der Waals surface area (Å²) in [5.41, 5.74) is 6.96. The zero-order chi connectivity index (χ0) is 31.2. The molecule has 2 aromatic rings. The van der Waals surface area contributed by atoms with Crippen molar-refractivity contribution in [1.82, 2.24) is 16.0 Å². The predicted molar refractivity (Wildman–Crippen MR) is 147 cm³/mol. The molecule has 0 spiro atoms. The maximum absolute atomic E-state index is 13.5. The van der Waals surface area contributed by atoms with Gasteiger partial charge in [0.25, 0.3) is 0 Å². The van der Waals surface area contributed by atoms with Gasteiger partial charge in [-0.1, -0.05) is 42.5 Å². The molecule has 0 aliphatic rings. The van der Waals surface area contributed by atoms with Crippen LogP contribution in [-0.2, 0) is 41.6 Å². The molecule has 0 bridgehead atoms. The number of aromatic hydroxyl groups is 1. The van der Waals surface area contributed by atoms with Crippen LogP contribution in [0.1, 0.15) is 36.8 Å². The number of hydrogen-bond acceptors (Lipinski definition) is 8. The largest absolute Gasteiger partial charge is 0.508 e. The van der Waals surface area contributed by atoms with Gasteiger partial charge in [0.05, 0.1) is 6.04 Å². The van der Waals surface area contributed by atoms with E-state index in [2.05, 4.69) is 16.0 Å². The predicted octanol–water partition coefficient (Wildman–Crippen LogP) is -0.227. The minimum absolute atomic E-state index is 0.0199. The molecule has 42 heavy (non-hydrogen) atoms. The Hall–Kier alpha value is -4.98. The molecule has 226 valence electrons. The van der Waals surface area contributed by atoms with Crippen LogP contribution >= 0.6 is 0 Å². The van der Waals surface area contributed by atoms with E-state index in [0.29, 0.717) is 11.1 Å². The van der Waals surface area contributed by atoms with Gasteiger partial charge in [0.1, 0.15) is 23.9 Å². The number of aliphatic carboxylic acids is 3. The van der Waals surface area contributed by atoms with Gasteiger partial charge in [0.15, 0.2) is 0 Å². The van der Waals surface area contributed by atoms with Crippen molar-refractivity contribution < 1.29 is 49.2 Å². The zero-order valence-corrected chi connectivity index (χ0v) is 22.6. The third-order valence-corrected chi connectivity index (χ3v) is 6.19. The van der Waals surface area contributed by atoms with Crippen molar-refractivity contribution in [2.24, 2.45) is 5.73 Å². The summed E-state index contributed by atoms with van der Waals surface area (Å²) in [7, 11) is 0. The monoisotopic (exact) mass is 586 g/mol. The number of amides is 3. The number of rotatable bonds is 17. The Morgan fingerprint density at radius 1 is 0.619 bits per heavy atom. The molecular weight excluding hydrogens is 552 g/mol. The number of phenols is 1. The van der Waals surface area contributed by atoms with E-state index in [1.54, 1.807) is 30.3 Å². The standard InChI is InChI=1S/C28H34N4O10/c29-19(10-12-23(34)35)25(38)31-21(14-16-4-2-1-3-5-16)27(40)32-22(15-17-6-8-18(33)9-7-17)26(39)30-20(28(41)42)11-13-24(36)37/h1-9,19-22,33H,10-15,29H2,(H,30,39)(H,31,38)(H,32,40)(H,34,35)(H,36,37)(H,41,42). The van der Waals surface area contributed by atoms with Crippen LogP contribution in [0, 0.1) is 0 Å². The summed E-state index contributed by atoms with van der Waals surface area (Å²) < 4.78 is 0. The Morgan fingerprint density at radius 2 is 1.07 bits per heavy atom. The van der Waals surface area contributed by atoms with Gasteiger partial charge in [0, 0.05) is 25.7 Å². The Morgan fingerprint density at radius 3 is 1.57 bits per heavy atom. The van der Waals surface area contributed by atoms with Crippen LogP contribution in [0.4, 0.5) is 0 Å². The Labute approximate surface area is 240 Å². The molecule has 0 heterocycles. The summed E-state index contributed by atoms with van der Waals surface area (Å²) >= 11 is 0. The molecule has 9 N–H and O–H groups in total. The molecule has 4 unspecified atom stereocenters. The van der Waals surface area contributed by atoms with E-state index in [4.69, 9.17) is 15.9 Å². The third kappa shape index (κ3) is 11.6. The molecule has 3 amide bonds. The first-order chi connectivity index (χ1) is 19.8. The zero-order valence-electron chi connectivity index (χ0n) is 22.6. The minimum Gasteiger partial charge on any atom is -0.508 e. The first-order valence-electron chi connectivity index (χ1n) is 13.0. The highest BCUT2D eigenvalue weighted by Crippen LogP contribution is 2.13. The van der Waals surface area contributed by atoms with Crippen molar-refractivity contribution >= 4 is 35.6 Å². The highest BCUT2D eigenvalue weighted by molar-refractivity contribution is 5.94. The van der Waals surface area contributed by atoms with Crippen LogP contribution < -0.4 is 21.7 Å². The average molecular weight is 587 g/mol. The third-order valence-electron chi connectivity index (χ3n) is 6.19. The fraction of sp³-hybridized carbons (Fsp3) is 0.357. The molecule has 14 nitrogen and oxygen atoms in total. The Balaban J connectivity index is 2.31. The number of nitrogens with one attached hydrogen (secondary N) is 3. The SMILES string of the molecule is NC(CCC(=O)O)C(=O)NC(Cc1ccccc1)C(=O)NC(Cc1ccc(O)cc1)C(=O)NC(CCC(=O)O)C(=O)O. The van der Waals surface area contributed by atoms with Gasteiger partial charge in [-0.25, -0.2) is 4.79 Å². The summed E-state index contributed by atoms with van der Waals surface area (Å²) in [5.74, 6) is -6.44. The van der Waals surface area contributed by atoms with Crippen molar-refractivity contribution in [2.45, 2.75) is 62.7 Å². The van der Waals surface area contributed by atoms with E-state index in [0.717, 1.165) is 0 Å². The van der Waals surface area contributed by atoms with Crippen molar-refractivity contribution in [3.63, 3.8) is 0 Å². The van der Waals surface area contributed by atoms with Crippen LogP contribution in [-0.4, -0.2) is 80.2 Å². The molecule has 0 fully saturated rings. The highest BCUT2D eigenvalue weighted by atomic mass is 16.4. The number of carboxylic acid groups (broad SMARTS) is 3. The van der Waals surface area contributed by atoms with Crippen molar-refractivity contribution in [3.05, 3.63) is 65.7 Å². The Kier molecular flexibility index (Phi) is 12.9. The average Bonchev–Trinajstić information content (AvgIpc) is 2.94. The number of carboxylic acids is 3. The number of hydrogen-bond donors (Lipinski definition) is 8. The summed E-state index contributed by atoms with van der Waals surface area (Å²) in [5, 5.41) is 44.2. The lowest BCUT2D eigenvalue weighted by Gasteiger charge is -2.25. The number of nitrogens with two attached hydrogens (primary N) is 1. The van der Waals surface area contributed by atoms with Crippen LogP contribution in [0.3, 0.4) is 0 Å². The van der Waals surface area contributed by atoms with Crippen molar-refractivity contribution in [2.75, 3.05) is 0 Å². The fourth-order valence-electron chi connectivity index (χ4n) is 3.89. The Bertz CT molecular complexity index is 1250. The molecule has 0 radical (unpaired) electrons. The highest BCUT2D eigenvalue weighted by Gasteiger charge is 2.31. The minimum atomic E-state index is -1.56. The molecule has 0 saturated carbocycles. The molecule has 2 rings (SSSR count). The molecule has 14 heteroatoms. The molecule has 0 aliphatic heterocycles. The second-order valence-corrected chi connectivity index (χ2v) is 9.55. The van der Waals surface area contributed by atoms with E-state index >= 15 is 0 Å². The summed E-state index contributed by atoms with van der Waals surface area (Å²) in [4.78, 5) is 72.9. The molecule has 0 saturated heterocycles. The second-order valence-electron chi connectivity index (χ2n) is 9.55. The van der Waals surface area contributed by atoms with Crippen LogP contribution in [0.5, 0.6) is 5.75 Å². The van der Waals surface area contributed by atoms with Gasteiger partial charge in [-0.15, -0.1) is 0 Å².